The lowest BCUT2D eigenvalue weighted by Crippen LogP contribution is -2.30. The van der Waals surface area contributed by atoms with E-state index in [0.717, 1.165) is 49.4 Å². The summed E-state index contributed by atoms with van der Waals surface area (Å²) in [5.74, 6) is 2.11. The molecule has 2 aromatic rings. The van der Waals surface area contributed by atoms with Gasteiger partial charge in [-0.25, -0.2) is 0 Å². The third kappa shape index (κ3) is 6.01. The van der Waals surface area contributed by atoms with E-state index in [9.17, 15) is 4.79 Å². The second-order valence-corrected chi connectivity index (χ2v) is 9.05. The zero-order valence-electron chi connectivity index (χ0n) is 20.3. The normalized spacial score (nSPS) is 19.9. The molecule has 2 atom stereocenters. The Kier molecular flexibility index (Phi) is 8.52. The number of carbonyl (C=O) groups is 1. The van der Waals surface area contributed by atoms with Gasteiger partial charge in [0.15, 0.2) is 0 Å². The molecule has 3 rings (SSSR count). The van der Waals surface area contributed by atoms with E-state index in [4.69, 9.17) is 4.74 Å². The quantitative estimate of drug-likeness (QED) is 0.534. The van der Waals surface area contributed by atoms with E-state index in [2.05, 4.69) is 49.3 Å². The van der Waals surface area contributed by atoms with Gasteiger partial charge in [-0.05, 0) is 94.4 Å². The number of hydrogen-bond acceptors (Lipinski definition) is 3. The van der Waals surface area contributed by atoms with Crippen molar-refractivity contribution in [3.8, 4) is 5.75 Å². The zero-order chi connectivity index (χ0) is 23.1. The fourth-order valence-corrected chi connectivity index (χ4v) is 4.89. The van der Waals surface area contributed by atoms with Gasteiger partial charge in [0.05, 0.1) is 7.11 Å². The summed E-state index contributed by atoms with van der Waals surface area (Å²) >= 11 is 0. The molecule has 32 heavy (non-hydrogen) atoms. The van der Waals surface area contributed by atoms with Gasteiger partial charge in [-0.3, -0.25) is 4.79 Å². The first-order valence-corrected chi connectivity index (χ1v) is 11.8. The van der Waals surface area contributed by atoms with Crippen molar-refractivity contribution in [3.05, 3.63) is 70.8 Å². The van der Waals surface area contributed by atoms with Crippen LogP contribution in [0.25, 0.3) is 6.08 Å². The van der Waals surface area contributed by atoms with Gasteiger partial charge in [0.2, 0.25) is 0 Å². The highest BCUT2D eigenvalue weighted by molar-refractivity contribution is 5.94. The molecule has 0 unspecified atom stereocenters. The van der Waals surface area contributed by atoms with E-state index in [0.29, 0.717) is 11.8 Å². The number of allylic oxidation sites excluding steroid dienone is 1. The highest BCUT2D eigenvalue weighted by Crippen LogP contribution is 2.42. The molecule has 1 saturated carbocycles. The second kappa shape index (κ2) is 11.3. The minimum Gasteiger partial charge on any atom is -0.497 e. The summed E-state index contributed by atoms with van der Waals surface area (Å²) in [5.41, 5.74) is 4.70. The maximum absolute atomic E-state index is 12.8. The van der Waals surface area contributed by atoms with Crippen molar-refractivity contribution in [1.82, 2.24) is 9.80 Å². The molecule has 172 valence electrons. The van der Waals surface area contributed by atoms with E-state index in [-0.39, 0.29) is 5.91 Å². The Morgan fingerprint density at radius 1 is 1.09 bits per heavy atom. The summed E-state index contributed by atoms with van der Waals surface area (Å²) in [6.45, 7) is 6.60. The monoisotopic (exact) mass is 434 g/mol. The van der Waals surface area contributed by atoms with Crippen LogP contribution in [0.3, 0.4) is 0 Å². The second-order valence-electron chi connectivity index (χ2n) is 9.05. The molecule has 4 nitrogen and oxygen atoms in total. The van der Waals surface area contributed by atoms with E-state index < -0.39 is 0 Å². The molecule has 1 fully saturated rings. The topological polar surface area (TPSA) is 32.8 Å². The summed E-state index contributed by atoms with van der Waals surface area (Å²) in [4.78, 5) is 17.0. The Balaban J connectivity index is 1.86. The zero-order valence-corrected chi connectivity index (χ0v) is 20.3. The predicted octanol–water partition coefficient (Wildman–Crippen LogP) is 5.71. The number of carbonyl (C=O) groups excluding carboxylic acids is 1. The predicted molar refractivity (Wildman–Crippen MR) is 133 cm³/mol. The van der Waals surface area contributed by atoms with Gasteiger partial charge in [0.25, 0.3) is 5.91 Å². The lowest BCUT2D eigenvalue weighted by molar-refractivity contribution is 0.0773. The average molecular weight is 435 g/mol. The number of hydrogen-bond donors (Lipinski definition) is 0. The number of rotatable bonds is 8. The lowest BCUT2D eigenvalue weighted by Gasteiger charge is -2.35. The first-order valence-electron chi connectivity index (χ1n) is 11.8. The number of amides is 1. The molecular formula is C28H38N2O2. The molecule has 0 aliphatic heterocycles. The number of ether oxygens (including phenoxy) is 1. The Hall–Kier alpha value is -2.59. The van der Waals surface area contributed by atoms with Crippen LogP contribution in [0.2, 0.25) is 0 Å². The highest BCUT2D eigenvalue weighted by Gasteiger charge is 2.29. The fraction of sp³-hybridized carbons (Fsp3) is 0.464. The first-order chi connectivity index (χ1) is 15.4. The average Bonchev–Trinajstić information content (AvgIpc) is 2.80. The first kappa shape index (κ1) is 24.1. The van der Waals surface area contributed by atoms with Crippen LogP contribution >= 0.6 is 0 Å². The van der Waals surface area contributed by atoms with Crippen molar-refractivity contribution >= 4 is 12.0 Å². The molecule has 0 saturated heterocycles. The van der Waals surface area contributed by atoms with E-state index in [1.165, 1.54) is 17.6 Å². The standard InChI is InChI=1S/C28H38N2O2/c1-6-30(7-2)28(31)24-12-8-10-21(17-24)16-22-14-15-25(20-29(3)4)27(18-22)23-11-9-13-26(19-23)32-5/h8-13,16-17,19,25,27H,6-7,14-15,18,20H2,1-5H3/t25-,27-/m0/s1. The van der Waals surface area contributed by atoms with Crippen molar-refractivity contribution in [1.29, 1.82) is 0 Å². The van der Waals surface area contributed by atoms with E-state index in [1.807, 2.05) is 43.0 Å². The molecule has 0 bridgehead atoms. The van der Waals surface area contributed by atoms with Crippen molar-refractivity contribution in [2.45, 2.75) is 39.0 Å². The summed E-state index contributed by atoms with van der Waals surface area (Å²) in [6.07, 6.45) is 5.62. The largest absolute Gasteiger partial charge is 0.497 e. The van der Waals surface area contributed by atoms with Gasteiger partial charge in [-0.15, -0.1) is 0 Å². The molecule has 1 amide bonds. The molecule has 0 N–H and O–H groups in total. The molecule has 0 heterocycles. The van der Waals surface area contributed by atoms with Crippen LogP contribution in [0.4, 0.5) is 0 Å². The Labute approximate surface area is 193 Å². The van der Waals surface area contributed by atoms with Crippen molar-refractivity contribution in [2.24, 2.45) is 5.92 Å². The van der Waals surface area contributed by atoms with Crippen LogP contribution in [0, 0.1) is 5.92 Å². The molecule has 1 aliphatic carbocycles. The van der Waals surface area contributed by atoms with Gasteiger partial charge in [-0.2, -0.15) is 0 Å². The van der Waals surface area contributed by atoms with Crippen molar-refractivity contribution in [2.75, 3.05) is 40.8 Å². The molecule has 2 aromatic carbocycles. The van der Waals surface area contributed by atoms with Crippen molar-refractivity contribution in [3.63, 3.8) is 0 Å². The summed E-state index contributed by atoms with van der Waals surface area (Å²) in [7, 11) is 6.05. The smallest absolute Gasteiger partial charge is 0.253 e. The summed E-state index contributed by atoms with van der Waals surface area (Å²) in [5, 5.41) is 0. The third-order valence-electron chi connectivity index (χ3n) is 6.56. The van der Waals surface area contributed by atoms with Gasteiger partial charge in [0.1, 0.15) is 5.75 Å². The Bertz CT molecular complexity index is 931. The van der Waals surface area contributed by atoms with Gasteiger partial charge in [-0.1, -0.05) is 35.9 Å². The minimum atomic E-state index is 0.110. The summed E-state index contributed by atoms with van der Waals surface area (Å²) in [6, 6.07) is 16.6. The fourth-order valence-electron chi connectivity index (χ4n) is 4.89. The van der Waals surface area contributed by atoms with Gasteiger partial charge in [0, 0.05) is 25.2 Å². The Morgan fingerprint density at radius 3 is 2.53 bits per heavy atom. The van der Waals surface area contributed by atoms with Crippen LogP contribution in [-0.2, 0) is 0 Å². The molecule has 1 aliphatic rings. The van der Waals surface area contributed by atoms with E-state index in [1.54, 1.807) is 7.11 Å². The van der Waals surface area contributed by atoms with Crippen molar-refractivity contribution < 1.29 is 9.53 Å². The maximum atomic E-state index is 12.8. The van der Waals surface area contributed by atoms with Crippen LogP contribution in [0.1, 0.15) is 60.5 Å². The number of nitrogens with zero attached hydrogens (tertiary/aromatic N) is 2. The van der Waals surface area contributed by atoms with Crippen LogP contribution in [-0.4, -0.2) is 56.5 Å². The minimum absolute atomic E-state index is 0.110. The van der Waals surface area contributed by atoms with E-state index >= 15 is 0 Å². The SMILES string of the molecule is CCN(CC)C(=O)c1cccc(C=C2CC[C@@H](CN(C)C)[C@H](c3cccc(OC)c3)C2)c1. The maximum Gasteiger partial charge on any atom is 0.253 e. The molecule has 0 radical (unpaired) electrons. The van der Waals surface area contributed by atoms with Gasteiger partial charge >= 0.3 is 0 Å². The molecule has 4 heteroatoms. The number of methoxy groups -OCH3 is 1. The molecule has 0 aromatic heterocycles. The van der Waals surface area contributed by atoms with Crippen LogP contribution in [0.15, 0.2) is 54.1 Å². The van der Waals surface area contributed by atoms with Crippen LogP contribution < -0.4 is 4.74 Å². The molecular weight excluding hydrogens is 396 g/mol. The molecule has 0 spiro atoms. The summed E-state index contributed by atoms with van der Waals surface area (Å²) < 4.78 is 5.50. The highest BCUT2D eigenvalue weighted by atomic mass is 16.5. The lowest BCUT2D eigenvalue weighted by atomic mass is 9.73. The number of benzene rings is 2. The Morgan fingerprint density at radius 2 is 1.84 bits per heavy atom. The van der Waals surface area contributed by atoms with Crippen LogP contribution in [0.5, 0.6) is 5.75 Å². The van der Waals surface area contributed by atoms with Gasteiger partial charge < -0.3 is 14.5 Å². The third-order valence-corrected chi connectivity index (χ3v) is 6.56.